The van der Waals surface area contributed by atoms with Crippen LogP contribution in [0.25, 0.3) is 22.2 Å². The number of halogens is 3. The lowest BCUT2D eigenvalue weighted by atomic mass is 10.0. The molecule has 0 bridgehead atoms. The number of nitrogens with zero attached hydrogens (tertiary/aromatic N) is 2. The molecule has 44 heavy (non-hydrogen) atoms. The minimum Gasteiger partial charge on any atom is -0.450 e. The number of rotatable bonds is 8. The molecule has 5 aromatic rings. The lowest BCUT2D eigenvalue weighted by Gasteiger charge is -2.18. The summed E-state index contributed by atoms with van der Waals surface area (Å²) < 4.78 is 19.1. The number of ether oxygens (including phenoxy) is 1. The summed E-state index contributed by atoms with van der Waals surface area (Å²) >= 11 is 12.2. The number of alkyl halides is 1. The number of hydrogen-bond donors (Lipinski definition) is 0. The highest BCUT2D eigenvalue weighted by Gasteiger charge is 2.36. The zero-order valence-electron chi connectivity index (χ0n) is 22.8. The Hall–Kier alpha value is -4.92. The first kappa shape index (κ1) is 29.2. The van der Waals surface area contributed by atoms with Gasteiger partial charge in [0.2, 0.25) is 5.78 Å². The molecule has 7 nitrogen and oxygen atoms in total. The molecular weight excluding hydrogens is 606 g/mol. The summed E-state index contributed by atoms with van der Waals surface area (Å²) in [4.78, 5) is 58.4. The fourth-order valence-corrected chi connectivity index (χ4v) is 5.43. The summed E-state index contributed by atoms with van der Waals surface area (Å²) in [5.41, 5.74) is 2.79. The number of carbonyl (C=O) groups is 4. The van der Waals surface area contributed by atoms with Gasteiger partial charge < -0.3 is 4.74 Å². The number of benzene rings is 4. The molecule has 10 heteroatoms. The number of carbonyl (C=O) groups excluding carboxylic acids is 4. The fraction of sp³-hybridized carbons (Fsp3) is 0.0882. The van der Waals surface area contributed by atoms with Gasteiger partial charge in [0, 0.05) is 33.8 Å². The molecule has 1 aromatic heterocycles. The smallest absolute Gasteiger partial charge is 0.339 e. The van der Waals surface area contributed by atoms with Crippen molar-refractivity contribution in [1.29, 1.82) is 0 Å². The Morgan fingerprint density at radius 1 is 0.864 bits per heavy atom. The highest BCUT2D eigenvalue weighted by atomic mass is 35.5. The number of amides is 2. The van der Waals surface area contributed by atoms with E-state index in [-0.39, 0.29) is 23.4 Å². The minimum atomic E-state index is -1.21. The third-order valence-electron chi connectivity index (χ3n) is 7.25. The second-order valence-electron chi connectivity index (χ2n) is 10.00. The average Bonchev–Trinajstić information content (AvgIpc) is 3.29. The number of fused-ring (bicyclic) bond motifs is 2. The van der Waals surface area contributed by atoms with E-state index < -0.39 is 35.5 Å². The highest BCUT2D eigenvalue weighted by Crippen LogP contribution is 2.32. The second kappa shape index (κ2) is 12.0. The maximum absolute atomic E-state index is 13.6. The number of pyridine rings is 1. The number of imide groups is 1. The monoisotopic (exact) mass is 626 g/mol. The lowest BCUT2D eigenvalue weighted by molar-refractivity contribution is 0.0280. The molecule has 0 fully saturated rings. The van der Waals surface area contributed by atoms with Gasteiger partial charge in [-0.1, -0.05) is 35.9 Å². The van der Waals surface area contributed by atoms with E-state index in [0.717, 1.165) is 17.0 Å². The summed E-state index contributed by atoms with van der Waals surface area (Å²) in [5, 5.41) is 0.777. The van der Waals surface area contributed by atoms with Crippen LogP contribution in [0.5, 0.6) is 0 Å². The largest absolute Gasteiger partial charge is 0.450 e. The summed E-state index contributed by atoms with van der Waals surface area (Å²) in [7, 11) is 0. The Morgan fingerprint density at radius 3 is 2.16 bits per heavy atom. The molecule has 218 valence electrons. The fourth-order valence-electron chi connectivity index (χ4n) is 5.06. The quantitative estimate of drug-likeness (QED) is 0.0764. The third-order valence-corrected chi connectivity index (χ3v) is 7.70. The normalized spacial score (nSPS) is 13.2. The number of ketones is 1. The van der Waals surface area contributed by atoms with E-state index in [9.17, 15) is 23.6 Å². The van der Waals surface area contributed by atoms with Gasteiger partial charge in [0.15, 0.2) is 6.10 Å². The first-order valence-corrected chi connectivity index (χ1v) is 14.4. The molecule has 1 aliphatic rings. The van der Waals surface area contributed by atoms with Crippen molar-refractivity contribution in [2.75, 3.05) is 10.8 Å². The number of Topliss-reactive ketones (excluding diaryl/α,β-unsaturated/α-hetero) is 1. The summed E-state index contributed by atoms with van der Waals surface area (Å²) in [6.07, 6.45) is -1.17. The van der Waals surface area contributed by atoms with Gasteiger partial charge in [-0.2, -0.15) is 0 Å². The summed E-state index contributed by atoms with van der Waals surface area (Å²) in [5.74, 6) is -2.60. The number of esters is 1. The maximum atomic E-state index is 13.6. The van der Waals surface area contributed by atoms with Gasteiger partial charge in [-0.05, 0) is 72.8 Å². The molecule has 1 aliphatic heterocycles. The zero-order chi connectivity index (χ0) is 31.0. The molecule has 0 saturated heterocycles. The molecule has 1 unspecified atom stereocenters. The molecule has 1 atom stereocenters. The Morgan fingerprint density at radius 2 is 1.52 bits per heavy atom. The SMILES string of the molecule is O=C(OC(CCCl)C(=O)c1ccc(F)cc1)c1cc(-c2ccc(N3C(=O)c4ccccc4C3=O)cc2)nc2ccc(Cl)cc12. The molecule has 0 N–H and O–H groups in total. The van der Waals surface area contributed by atoms with E-state index in [2.05, 4.69) is 4.98 Å². The minimum absolute atomic E-state index is 0.0402. The molecule has 0 aliphatic carbocycles. The molecule has 0 radical (unpaired) electrons. The first-order valence-electron chi connectivity index (χ1n) is 13.5. The highest BCUT2D eigenvalue weighted by molar-refractivity contribution is 6.34. The molecular formula is C34H21Cl2FN2O5. The van der Waals surface area contributed by atoms with Gasteiger partial charge in [0.05, 0.1) is 33.6 Å². The van der Waals surface area contributed by atoms with Crippen molar-refractivity contribution >= 4 is 63.4 Å². The van der Waals surface area contributed by atoms with Crippen LogP contribution in [0.4, 0.5) is 10.1 Å². The van der Waals surface area contributed by atoms with Crippen molar-refractivity contribution in [2.24, 2.45) is 0 Å². The van der Waals surface area contributed by atoms with Gasteiger partial charge >= 0.3 is 5.97 Å². The van der Waals surface area contributed by atoms with Crippen LogP contribution in [0.2, 0.25) is 5.02 Å². The van der Waals surface area contributed by atoms with Crippen LogP contribution < -0.4 is 4.90 Å². The van der Waals surface area contributed by atoms with Crippen molar-refractivity contribution in [2.45, 2.75) is 12.5 Å². The van der Waals surface area contributed by atoms with Crippen LogP contribution in [0, 0.1) is 5.82 Å². The van der Waals surface area contributed by atoms with Gasteiger partial charge in [0.1, 0.15) is 5.82 Å². The third kappa shape index (κ3) is 5.45. The molecule has 2 amide bonds. The van der Waals surface area contributed by atoms with Crippen LogP contribution in [0.3, 0.4) is 0 Å². The van der Waals surface area contributed by atoms with Crippen molar-refractivity contribution in [3.05, 3.63) is 130 Å². The first-order chi connectivity index (χ1) is 21.2. The van der Waals surface area contributed by atoms with Crippen molar-refractivity contribution < 1.29 is 28.3 Å². The Bertz CT molecular complexity index is 1930. The van der Waals surface area contributed by atoms with E-state index in [4.69, 9.17) is 27.9 Å². The topological polar surface area (TPSA) is 93.6 Å². The second-order valence-corrected chi connectivity index (χ2v) is 10.8. The van der Waals surface area contributed by atoms with Crippen LogP contribution in [-0.2, 0) is 4.74 Å². The number of aromatic nitrogens is 1. The number of hydrogen-bond acceptors (Lipinski definition) is 6. The van der Waals surface area contributed by atoms with Crippen LogP contribution in [0.15, 0.2) is 97.1 Å². The summed E-state index contributed by atoms with van der Waals surface area (Å²) in [6, 6.07) is 24.6. The lowest BCUT2D eigenvalue weighted by Crippen LogP contribution is -2.29. The van der Waals surface area contributed by atoms with Gasteiger partial charge in [-0.25, -0.2) is 19.1 Å². The van der Waals surface area contributed by atoms with Crippen molar-refractivity contribution in [1.82, 2.24) is 4.98 Å². The average molecular weight is 627 g/mol. The van der Waals surface area contributed by atoms with E-state index in [1.165, 1.54) is 18.2 Å². The zero-order valence-corrected chi connectivity index (χ0v) is 24.3. The molecule has 0 spiro atoms. The number of anilines is 1. The van der Waals surface area contributed by atoms with E-state index in [1.54, 1.807) is 66.7 Å². The molecule has 2 heterocycles. The van der Waals surface area contributed by atoms with E-state index in [0.29, 0.717) is 44.0 Å². The Kier molecular flexibility index (Phi) is 7.95. The molecule has 4 aromatic carbocycles. The van der Waals surface area contributed by atoms with Crippen molar-refractivity contribution in [3.63, 3.8) is 0 Å². The summed E-state index contributed by atoms with van der Waals surface area (Å²) in [6.45, 7) is 0. The van der Waals surface area contributed by atoms with E-state index in [1.807, 2.05) is 0 Å². The molecule has 0 saturated carbocycles. The maximum Gasteiger partial charge on any atom is 0.339 e. The van der Waals surface area contributed by atoms with Crippen LogP contribution >= 0.6 is 23.2 Å². The van der Waals surface area contributed by atoms with E-state index >= 15 is 0 Å². The van der Waals surface area contributed by atoms with Crippen LogP contribution in [0.1, 0.15) is 47.9 Å². The molecule has 6 rings (SSSR count). The predicted octanol–water partition coefficient (Wildman–Crippen LogP) is 7.53. The standard InChI is InChI=1S/C34H21Cl2FN2O5/c35-16-15-30(31(40)20-5-10-22(37)11-6-20)44-34(43)27-18-29(38-28-14-9-21(36)17-26(27)28)19-7-12-23(13-8-19)39-32(41)24-3-1-2-4-25(24)33(39)42/h1-14,17-18,30H,15-16H2. The van der Waals surface area contributed by atoms with Crippen molar-refractivity contribution in [3.8, 4) is 11.3 Å². The van der Waals surface area contributed by atoms with Gasteiger partial charge in [-0.3, -0.25) is 14.4 Å². The predicted molar refractivity (Wildman–Crippen MR) is 165 cm³/mol. The van der Waals surface area contributed by atoms with Gasteiger partial charge in [-0.15, -0.1) is 11.6 Å². The Labute approximate surface area is 260 Å². The van der Waals surface area contributed by atoms with Gasteiger partial charge in [0.25, 0.3) is 11.8 Å². The van der Waals surface area contributed by atoms with Crippen LogP contribution in [-0.4, -0.2) is 40.5 Å². The Balaban J connectivity index is 1.33.